The zero-order chi connectivity index (χ0) is 9.54. The lowest BCUT2D eigenvalue weighted by molar-refractivity contribution is 0.211. The number of aromatic nitrogens is 1. The summed E-state index contributed by atoms with van der Waals surface area (Å²) in [5.41, 5.74) is 0.623. The first-order valence-corrected chi connectivity index (χ1v) is 4.74. The first-order valence-electron chi connectivity index (χ1n) is 4.74. The van der Waals surface area contributed by atoms with E-state index in [4.69, 9.17) is 5.26 Å². The molecular formula is C10H10N4. The first kappa shape index (κ1) is 7.77. The number of nitriles is 1. The molecule has 0 amide bonds. The third-order valence-corrected chi connectivity index (χ3v) is 3.02. The highest BCUT2D eigenvalue weighted by atomic mass is 15.4. The van der Waals surface area contributed by atoms with Crippen LogP contribution in [0.2, 0.25) is 0 Å². The van der Waals surface area contributed by atoms with Crippen molar-refractivity contribution in [3.8, 4) is 6.07 Å². The van der Waals surface area contributed by atoms with Crippen LogP contribution in [0.3, 0.4) is 0 Å². The van der Waals surface area contributed by atoms with E-state index in [1.165, 1.54) is 0 Å². The van der Waals surface area contributed by atoms with E-state index in [0.717, 1.165) is 18.9 Å². The number of pyridine rings is 1. The van der Waals surface area contributed by atoms with Gasteiger partial charge in [0, 0.05) is 25.3 Å². The highest BCUT2D eigenvalue weighted by molar-refractivity contribution is 5.48. The fourth-order valence-corrected chi connectivity index (χ4v) is 2.00. The van der Waals surface area contributed by atoms with E-state index in [0.29, 0.717) is 17.6 Å². The lowest BCUT2D eigenvalue weighted by Gasteiger charge is -2.56. The largest absolute Gasteiger partial charge is 0.349 e. The standard InChI is InChI=1S/C10H10N4/c11-3-7-1-2-10(13-4-7)14-6-8-9(14)5-12-8/h1-2,4,8-9,12H,5-6H2. The Morgan fingerprint density at radius 3 is 2.93 bits per heavy atom. The third-order valence-electron chi connectivity index (χ3n) is 3.02. The van der Waals surface area contributed by atoms with Crippen LogP contribution >= 0.6 is 0 Å². The van der Waals surface area contributed by atoms with Crippen LogP contribution in [0.25, 0.3) is 0 Å². The Balaban J connectivity index is 1.81. The van der Waals surface area contributed by atoms with E-state index < -0.39 is 0 Å². The maximum atomic E-state index is 8.63. The van der Waals surface area contributed by atoms with Gasteiger partial charge in [0.15, 0.2) is 0 Å². The summed E-state index contributed by atoms with van der Waals surface area (Å²) in [5, 5.41) is 12.0. The van der Waals surface area contributed by atoms with E-state index >= 15 is 0 Å². The van der Waals surface area contributed by atoms with Crippen LogP contribution in [0.1, 0.15) is 5.56 Å². The molecule has 2 aliphatic rings. The Morgan fingerprint density at radius 1 is 1.57 bits per heavy atom. The highest BCUT2D eigenvalue weighted by Gasteiger charge is 2.45. The fraction of sp³-hybridized carbons (Fsp3) is 0.400. The Hall–Kier alpha value is -1.60. The van der Waals surface area contributed by atoms with Crippen LogP contribution in [-0.2, 0) is 0 Å². The van der Waals surface area contributed by atoms with Gasteiger partial charge in [-0.15, -0.1) is 0 Å². The van der Waals surface area contributed by atoms with E-state index in [1.807, 2.05) is 12.1 Å². The smallest absolute Gasteiger partial charge is 0.128 e. The number of anilines is 1. The van der Waals surface area contributed by atoms with E-state index in [2.05, 4.69) is 21.3 Å². The topological polar surface area (TPSA) is 52.0 Å². The van der Waals surface area contributed by atoms with E-state index in [9.17, 15) is 0 Å². The minimum atomic E-state index is 0.623. The molecule has 4 nitrogen and oxygen atoms in total. The van der Waals surface area contributed by atoms with Gasteiger partial charge in [0.2, 0.25) is 0 Å². The highest BCUT2D eigenvalue weighted by Crippen LogP contribution is 2.29. The van der Waals surface area contributed by atoms with Crippen LogP contribution in [0, 0.1) is 11.3 Å². The molecule has 1 aromatic rings. The summed E-state index contributed by atoms with van der Waals surface area (Å²) in [6.45, 7) is 2.11. The molecule has 4 heteroatoms. The predicted molar refractivity (Wildman–Crippen MR) is 51.9 cm³/mol. The molecule has 2 saturated heterocycles. The molecule has 0 radical (unpaired) electrons. The molecule has 0 saturated carbocycles. The minimum Gasteiger partial charge on any atom is -0.349 e. The van der Waals surface area contributed by atoms with Gasteiger partial charge in [0.25, 0.3) is 0 Å². The average molecular weight is 186 g/mol. The lowest BCUT2D eigenvalue weighted by Crippen LogP contribution is -2.78. The van der Waals surface area contributed by atoms with Gasteiger partial charge in [-0.3, -0.25) is 0 Å². The second-order valence-electron chi connectivity index (χ2n) is 3.75. The van der Waals surface area contributed by atoms with Crippen molar-refractivity contribution in [2.45, 2.75) is 12.1 Å². The summed E-state index contributed by atoms with van der Waals surface area (Å²) < 4.78 is 0. The molecule has 0 spiro atoms. The van der Waals surface area contributed by atoms with Crippen molar-refractivity contribution in [1.82, 2.24) is 10.3 Å². The van der Waals surface area contributed by atoms with Crippen molar-refractivity contribution < 1.29 is 0 Å². The van der Waals surface area contributed by atoms with E-state index in [1.54, 1.807) is 6.20 Å². The van der Waals surface area contributed by atoms with Crippen LogP contribution in [0.4, 0.5) is 5.82 Å². The van der Waals surface area contributed by atoms with Gasteiger partial charge in [-0.25, -0.2) is 4.98 Å². The van der Waals surface area contributed by atoms with Gasteiger partial charge in [0.1, 0.15) is 11.9 Å². The molecule has 14 heavy (non-hydrogen) atoms. The third kappa shape index (κ3) is 0.932. The number of piperazine rings is 1. The van der Waals surface area contributed by atoms with Crippen LogP contribution in [0.5, 0.6) is 0 Å². The summed E-state index contributed by atoms with van der Waals surface area (Å²) in [7, 11) is 0. The summed E-state index contributed by atoms with van der Waals surface area (Å²) in [4.78, 5) is 6.55. The average Bonchev–Trinajstić information content (AvgIpc) is 2.22. The Morgan fingerprint density at radius 2 is 2.50 bits per heavy atom. The fourth-order valence-electron chi connectivity index (χ4n) is 2.00. The predicted octanol–water partition coefficient (Wildman–Crippen LogP) is 0.114. The molecule has 2 fully saturated rings. The van der Waals surface area contributed by atoms with Gasteiger partial charge in [0.05, 0.1) is 11.6 Å². The van der Waals surface area contributed by atoms with E-state index in [-0.39, 0.29) is 0 Å². The Bertz CT molecular complexity index is 392. The Labute approximate surface area is 82.2 Å². The van der Waals surface area contributed by atoms with Crippen molar-refractivity contribution in [2.75, 3.05) is 18.0 Å². The summed E-state index contributed by atoms with van der Waals surface area (Å²) in [6, 6.07) is 7.12. The molecule has 2 atom stereocenters. The molecule has 1 aromatic heterocycles. The van der Waals surface area contributed by atoms with Crippen LogP contribution in [0.15, 0.2) is 18.3 Å². The molecule has 1 N–H and O–H groups in total. The number of hydrogen-bond acceptors (Lipinski definition) is 4. The molecule has 2 unspecified atom stereocenters. The summed E-state index contributed by atoms with van der Waals surface area (Å²) >= 11 is 0. The van der Waals surface area contributed by atoms with Gasteiger partial charge in [-0.1, -0.05) is 0 Å². The van der Waals surface area contributed by atoms with Crippen molar-refractivity contribution in [2.24, 2.45) is 0 Å². The maximum Gasteiger partial charge on any atom is 0.128 e. The summed E-state index contributed by atoms with van der Waals surface area (Å²) in [6.07, 6.45) is 1.63. The number of rotatable bonds is 1. The number of hydrogen-bond donors (Lipinski definition) is 1. The molecule has 0 aliphatic carbocycles. The lowest BCUT2D eigenvalue weighted by atomic mass is 9.89. The first-order chi connectivity index (χ1) is 6.88. The molecule has 2 aliphatic heterocycles. The second-order valence-corrected chi connectivity index (χ2v) is 3.75. The number of fused-ring (bicyclic) bond motifs is 1. The minimum absolute atomic E-state index is 0.623. The molecule has 0 aromatic carbocycles. The van der Waals surface area contributed by atoms with Crippen molar-refractivity contribution in [3.05, 3.63) is 23.9 Å². The van der Waals surface area contributed by atoms with Gasteiger partial charge < -0.3 is 10.2 Å². The maximum absolute atomic E-state index is 8.63. The normalized spacial score (nSPS) is 28.4. The molecule has 70 valence electrons. The van der Waals surface area contributed by atoms with Gasteiger partial charge >= 0.3 is 0 Å². The molecular weight excluding hydrogens is 176 g/mol. The monoisotopic (exact) mass is 186 g/mol. The van der Waals surface area contributed by atoms with Crippen molar-refractivity contribution in [3.63, 3.8) is 0 Å². The van der Waals surface area contributed by atoms with Crippen LogP contribution < -0.4 is 10.2 Å². The van der Waals surface area contributed by atoms with Crippen molar-refractivity contribution in [1.29, 1.82) is 5.26 Å². The zero-order valence-corrected chi connectivity index (χ0v) is 7.64. The van der Waals surface area contributed by atoms with Crippen molar-refractivity contribution >= 4 is 5.82 Å². The molecule has 3 heterocycles. The second kappa shape index (κ2) is 2.69. The van der Waals surface area contributed by atoms with Gasteiger partial charge in [-0.2, -0.15) is 5.26 Å². The summed E-state index contributed by atoms with van der Waals surface area (Å²) in [5.74, 6) is 0.992. The zero-order valence-electron chi connectivity index (χ0n) is 7.64. The SMILES string of the molecule is N#Cc1ccc(N2CC3NCC32)nc1. The number of nitrogens with zero attached hydrogens (tertiary/aromatic N) is 3. The van der Waals surface area contributed by atoms with Crippen LogP contribution in [-0.4, -0.2) is 30.2 Å². The van der Waals surface area contributed by atoms with Gasteiger partial charge in [-0.05, 0) is 12.1 Å². The quantitative estimate of drug-likeness (QED) is 0.676. The molecule has 0 bridgehead atoms. The molecule has 3 rings (SSSR count). The Kier molecular flexibility index (Phi) is 1.49. The number of nitrogens with one attached hydrogen (secondary N) is 1.